The first kappa shape index (κ1) is 20.3. The quantitative estimate of drug-likeness (QED) is 0.398. The second kappa shape index (κ2) is 8.73. The van der Waals surface area contributed by atoms with Gasteiger partial charge >= 0.3 is 6.11 Å². The molecule has 0 radical (unpaired) electrons. The zero-order chi connectivity index (χ0) is 20.9. The summed E-state index contributed by atoms with van der Waals surface area (Å²) in [5.74, 6) is -0.511. The maximum absolute atomic E-state index is 14.5. The van der Waals surface area contributed by atoms with Gasteiger partial charge < -0.3 is 14.2 Å². The molecular weight excluding hydrogens is 381 g/mol. The molecule has 3 aromatic rings. The molecule has 0 amide bonds. The lowest BCUT2D eigenvalue weighted by atomic mass is 10.1. The fraction of sp³-hybridized carbons (Fsp3) is 0.130. The van der Waals surface area contributed by atoms with E-state index in [0.717, 1.165) is 6.07 Å². The lowest BCUT2D eigenvalue weighted by molar-refractivity contribution is -0.186. The van der Waals surface area contributed by atoms with Crippen molar-refractivity contribution in [3.63, 3.8) is 0 Å². The Morgan fingerprint density at radius 3 is 2.07 bits per heavy atom. The Morgan fingerprint density at radius 1 is 0.793 bits per heavy atom. The highest BCUT2D eigenvalue weighted by atomic mass is 19.3. The molecule has 29 heavy (non-hydrogen) atoms. The smallest absolute Gasteiger partial charge is 0.426 e. The number of hydrogen-bond acceptors (Lipinski definition) is 3. The number of fused-ring (bicyclic) bond motifs is 1. The van der Waals surface area contributed by atoms with E-state index in [9.17, 15) is 13.2 Å². The topological polar surface area (TPSA) is 27.7 Å². The molecule has 0 aromatic heterocycles. The summed E-state index contributed by atoms with van der Waals surface area (Å²) in [7, 11) is 0. The minimum atomic E-state index is -3.72. The summed E-state index contributed by atoms with van der Waals surface area (Å²) in [4.78, 5) is 0. The van der Waals surface area contributed by atoms with Crippen molar-refractivity contribution in [3.05, 3.63) is 91.3 Å². The largest absolute Gasteiger partial charge is 0.490 e. The number of halogens is 3. The van der Waals surface area contributed by atoms with E-state index in [1.807, 2.05) is 0 Å². The van der Waals surface area contributed by atoms with E-state index < -0.39 is 23.2 Å². The van der Waals surface area contributed by atoms with Crippen molar-refractivity contribution in [1.82, 2.24) is 0 Å². The third kappa shape index (κ3) is 4.90. The van der Waals surface area contributed by atoms with E-state index in [0.29, 0.717) is 28.9 Å². The number of alkyl halides is 2. The van der Waals surface area contributed by atoms with E-state index in [2.05, 4.69) is 13.2 Å². The van der Waals surface area contributed by atoms with Crippen LogP contribution in [-0.4, -0.2) is 13.2 Å². The Bertz CT molecular complexity index is 1010. The molecule has 6 heteroatoms. The van der Waals surface area contributed by atoms with Gasteiger partial charge in [0.25, 0.3) is 0 Å². The summed E-state index contributed by atoms with van der Waals surface area (Å²) in [6.45, 7) is 7.64. The molecule has 0 heterocycles. The standard InChI is InChI=1S/C23H19F3O3/c1-3-11-27-19-9-6-18(7-10-19)23(25,26)29-22-15-16-5-8-20(28-12-4-2)13-17(16)14-21(22)24/h3-10,13-15H,1-2,11-12H2. The highest BCUT2D eigenvalue weighted by molar-refractivity contribution is 5.85. The molecule has 150 valence electrons. The molecule has 0 aliphatic carbocycles. The van der Waals surface area contributed by atoms with Crippen molar-refractivity contribution in [3.8, 4) is 17.2 Å². The second-order valence-electron chi connectivity index (χ2n) is 6.13. The van der Waals surface area contributed by atoms with Crippen LogP contribution in [0.3, 0.4) is 0 Å². The number of ether oxygens (including phenoxy) is 3. The van der Waals surface area contributed by atoms with Crippen molar-refractivity contribution >= 4 is 10.8 Å². The van der Waals surface area contributed by atoms with E-state index in [1.54, 1.807) is 30.4 Å². The Labute approximate surface area is 166 Å². The molecule has 3 nitrogen and oxygen atoms in total. The van der Waals surface area contributed by atoms with Crippen LogP contribution in [0.25, 0.3) is 10.8 Å². The van der Waals surface area contributed by atoms with Gasteiger partial charge in [0.1, 0.15) is 24.7 Å². The zero-order valence-corrected chi connectivity index (χ0v) is 15.5. The van der Waals surface area contributed by atoms with Gasteiger partial charge in [0.2, 0.25) is 0 Å². The fourth-order valence-corrected chi connectivity index (χ4v) is 2.65. The number of benzene rings is 3. The van der Waals surface area contributed by atoms with Gasteiger partial charge in [0.15, 0.2) is 11.6 Å². The van der Waals surface area contributed by atoms with Crippen LogP contribution in [0.1, 0.15) is 5.56 Å². The van der Waals surface area contributed by atoms with Gasteiger partial charge in [-0.05, 0) is 59.3 Å². The second-order valence-corrected chi connectivity index (χ2v) is 6.13. The molecule has 0 atom stereocenters. The average molecular weight is 400 g/mol. The predicted octanol–water partition coefficient (Wildman–Crippen LogP) is 6.24. The molecule has 3 rings (SSSR count). The summed E-state index contributed by atoms with van der Waals surface area (Å²) >= 11 is 0. The summed E-state index contributed by atoms with van der Waals surface area (Å²) in [5.41, 5.74) is -0.420. The highest BCUT2D eigenvalue weighted by Crippen LogP contribution is 2.36. The van der Waals surface area contributed by atoms with Crippen molar-refractivity contribution < 1.29 is 27.4 Å². The Kier molecular flexibility index (Phi) is 6.12. The van der Waals surface area contributed by atoms with Crippen LogP contribution in [0.5, 0.6) is 17.2 Å². The number of rotatable bonds is 9. The SMILES string of the molecule is C=CCOc1ccc(C(F)(F)Oc2cc3ccc(OCC=C)cc3cc2F)cc1. The molecule has 0 spiro atoms. The zero-order valence-electron chi connectivity index (χ0n) is 15.5. The van der Waals surface area contributed by atoms with E-state index in [-0.39, 0.29) is 6.61 Å². The summed E-state index contributed by atoms with van der Waals surface area (Å²) < 4.78 is 58.9. The Balaban J connectivity index is 1.82. The first-order valence-electron chi connectivity index (χ1n) is 8.81. The lowest BCUT2D eigenvalue weighted by Gasteiger charge is -2.19. The van der Waals surface area contributed by atoms with Crippen LogP contribution < -0.4 is 14.2 Å². The van der Waals surface area contributed by atoms with Crippen molar-refractivity contribution in [1.29, 1.82) is 0 Å². The molecule has 0 fully saturated rings. The molecular formula is C23H19F3O3. The van der Waals surface area contributed by atoms with Crippen molar-refractivity contribution in [2.75, 3.05) is 13.2 Å². The van der Waals surface area contributed by atoms with Crippen LogP contribution >= 0.6 is 0 Å². The maximum Gasteiger partial charge on any atom is 0.426 e. The molecule has 0 bridgehead atoms. The minimum absolute atomic E-state index is 0.259. The maximum atomic E-state index is 14.5. The predicted molar refractivity (Wildman–Crippen MR) is 106 cm³/mol. The van der Waals surface area contributed by atoms with E-state index in [4.69, 9.17) is 14.2 Å². The fourth-order valence-electron chi connectivity index (χ4n) is 2.65. The van der Waals surface area contributed by atoms with Gasteiger partial charge in [-0.3, -0.25) is 0 Å². The molecule has 0 N–H and O–H groups in total. The van der Waals surface area contributed by atoms with Crippen LogP contribution in [0, 0.1) is 5.82 Å². The highest BCUT2D eigenvalue weighted by Gasteiger charge is 2.35. The van der Waals surface area contributed by atoms with Gasteiger partial charge in [-0.1, -0.05) is 31.4 Å². The number of hydrogen-bond donors (Lipinski definition) is 0. The molecule has 3 aromatic carbocycles. The lowest BCUT2D eigenvalue weighted by Crippen LogP contribution is -2.22. The van der Waals surface area contributed by atoms with Gasteiger partial charge in [-0.15, -0.1) is 0 Å². The monoisotopic (exact) mass is 400 g/mol. The van der Waals surface area contributed by atoms with E-state index >= 15 is 0 Å². The average Bonchev–Trinajstić information content (AvgIpc) is 2.71. The van der Waals surface area contributed by atoms with Crippen LogP contribution in [0.4, 0.5) is 13.2 Å². The minimum Gasteiger partial charge on any atom is -0.490 e. The van der Waals surface area contributed by atoms with Crippen molar-refractivity contribution in [2.24, 2.45) is 0 Å². The first-order valence-corrected chi connectivity index (χ1v) is 8.81. The Hall–Kier alpha value is -3.41. The van der Waals surface area contributed by atoms with Crippen LogP contribution in [0.15, 0.2) is 79.9 Å². The third-order valence-corrected chi connectivity index (χ3v) is 4.03. The normalized spacial score (nSPS) is 11.1. The van der Waals surface area contributed by atoms with Crippen molar-refractivity contribution in [2.45, 2.75) is 6.11 Å². The Morgan fingerprint density at radius 2 is 1.41 bits per heavy atom. The molecule has 0 saturated heterocycles. The van der Waals surface area contributed by atoms with Gasteiger partial charge in [0.05, 0.1) is 5.56 Å². The summed E-state index contributed by atoms with van der Waals surface area (Å²) in [6, 6.07) is 12.4. The third-order valence-electron chi connectivity index (χ3n) is 4.03. The first-order chi connectivity index (χ1) is 13.9. The summed E-state index contributed by atoms with van der Waals surface area (Å²) in [5, 5.41) is 1.04. The van der Waals surface area contributed by atoms with Gasteiger partial charge in [0, 0.05) is 0 Å². The van der Waals surface area contributed by atoms with Gasteiger partial charge in [-0.25, -0.2) is 4.39 Å². The molecule has 0 aliphatic heterocycles. The van der Waals surface area contributed by atoms with E-state index in [1.165, 1.54) is 30.3 Å². The molecule has 0 saturated carbocycles. The summed E-state index contributed by atoms with van der Waals surface area (Å²) in [6.07, 6.45) is -0.594. The van der Waals surface area contributed by atoms with Gasteiger partial charge in [-0.2, -0.15) is 8.78 Å². The molecule has 0 unspecified atom stereocenters. The van der Waals surface area contributed by atoms with Crippen LogP contribution in [-0.2, 0) is 6.11 Å². The van der Waals surface area contributed by atoms with Crippen LogP contribution in [0.2, 0.25) is 0 Å². The molecule has 0 aliphatic rings.